The first-order chi connectivity index (χ1) is 19.8. The Morgan fingerprint density at radius 3 is 2.90 bits per heavy atom. The van der Waals surface area contributed by atoms with E-state index in [2.05, 4.69) is 33.2 Å². The normalized spacial score (nSPS) is 20.9. The van der Waals surface area contributed by atoms with Gasteiger partial charge in [-0.25, -0.2) is 14.8 Å². The predicted octanol–water partition coefficient (Wildman–Crippen LogP) is 6.19. The smallest absolute Gasteiger partial charge is 0.321 e. The number of carboxylic acid groups (broad SMARTS) is 1. The van der Waals surface area contributed by atoms with Crippen molar-refractivity contribution in [2.75, 3.05) is 25.0 Å². The number of hydrogen-bond acceptors (Lipinski definition) is 6. The van der Waals surface area contributed by atoms with E-state index < -0.39 is 11.4 Å². The molecule has 10 heteroatoms. The number of thiazole rings is 1. The number of hydrogen-bond donors (Lipinski definition) is 3. The molecule has 2 amide bonds. The monoisotopic (exact) mass is 570 g/mol. The number of carboxylic acids is 1. The maximum atomic E-state index is 12.2. The summed E-state index contributed by atoms with van der Waals surface area (Å²) in [6.45, 7) is 9.33. The highest BCUT2D eigenvalue weighted by molar-refractivity contribution is 7.22. The Morgan fingerprint density at radius 2 is 2.20 bits per heavy atom. The van der Waals surface area contributed by atoms with Crippen LogP contribution in [0.2, 0.25) is 0 Å². The summed E-state index contributed by atoms with van der Waals surface area (Å²) in [6.07, 6.45) is 11.7. The number of urea groups is 1. The fourth-order valence-corrected chi connectivity index (χ4v) is 6.75. The fourth-order valence-electron chi connectivity index (χ4n) is 5.78. The number of aliphatic imine (C=N–C) groups is 1. The summed E-state index contributed by atoms with van der Waals surface area (Å²) in [6, 6.07) is 9.49. The van der Waals surface area contributed by atoms with Gasteiger partial charge in [0.1, 0.15) is 5.84 Å². The lowest BCUT2D eigenvalue weighted by Gasteiger charge is -2.23. The van der Waals surface area contributed by atoms with Gasteiger partial charge in [0, 0.05) is 43.2 Å². The summed E-state index contributed by atoms with van der Waals surface area (Å²) >= 11 is 1.40. The Morgan fingerprint density at radius 1 is 1.34 bits per heavy atom. The van der Waals surface area contributed by atoms with E-state index in [1.165, 1.54) is 11.3 Å². The number of allylic oxidation sites excluding steroid dienone is 4. The van der Waals surface area contributed by atoms with Crippen LogP contribution < -0.4 is 10.6 Å². The number of anilines is 1. The van der Waals surface area contributed by atoms with Crippen molar-refractivity contribution >= 4 is 50.1 Å². The van der Waals surface area contributed by atoms with Gasteiger partial charge in [-0.05, 0) is 62.4 Å². The van der Waals surface area contributed by atoms with Gasteiger partial charge in [0.05, 0.1) is 21.3 Å². The summed E-state index contributed by atoms with van der Waals surface area (Å²) in [5.74, 6) is 0.252. The quantitative estimate of drug-likeness (QED) is 0.169. The van der Waals surface area contributed by atoms with Gasteiger partial charge in [-0.3, -0.25) is 15.1 Å². The lowest BCUT2D eigenvalue weighted by molar-refractivity contribution is -0.149. The van der Waals surface area contributed by atoms with Crippen LogP contribution in [-0.2, 0) is 4.79 Å². The van der Waals surface area contributed by atoms with Crippen LogP contribution in [0, 0.1) is 11.3 Å². The summed E-state index contributed by atoms with van der Waals surface area (Å²) in [5, 5.41) is 16.0. The maximum absolute atomic E-state index is 12.2. The van der Waals surface area contributed by atoms with Gasteiger partial charge in [-0.2, -0.15) is 0 Å². The van der Waals surface area contributed by atoms with Gasteiger partial charge < -0.3 is 15.3 Å². The van der Waals surface area contributed by atoms with Crippen LogP contribution in [0.5, 0.6) is 0 Å². The van der Waals surface area contributed by atoms with E-state index in [9.17, 15) is 14.7 Å². The van der Waals surface area contributed by atoms with Gasteiger partial charge in [-0.15, -0.1) is 0 Å². The number of carbonyl (C=O) groups is 2. The summed E-state index contributed by atoms with van der Waals surface area (Å²) < 4.78 is 0.911. The lowest BCUT2D eigenvalue weighted by Crippen LogP contribution is -2.36. The molecule has 41 heavy (non-hydrogen) atoms. The molecule has 2 fully saturated rings. The fraction of sp³-hybridized carbons (Fsp3) is 0.323. The molecule has 1 saturated heterocycles. The van der Waals surface area contributed by atoms with Gasteiger partial charge in [0.15, 0.2) is 5.13 Å². The van der Waals surface area contributed by atoms with Crippen molar-refractivity contribution in [3.63, 3.8) is 0 Å². The number of aliphatic carboxylic acids is 1. The second-order valence-electron chi connectivity index (χ2n) is 10.4. The number of pyridine rings is 1. The Labute approximate surface area is 243 Å². The molecule has 0 radical (unpaired) electrons. The second kappa shape index (κ2) is 12.1. The van der Waals surface area contributed by atoms with E-state index >= 15 is 0 Å². The molecular weight excluding hydrogens is 536 g/mol. The standard InChI is InChI=1S/C31H34N6O3S/c1-4-6-10-21(17-34-20(3)37-18-23-11-9-13-31(23,19-37)28(38)39)22-15-24(25-12-7-8-14-33-25)27-26(16-22)35-30(41-27)36-29(40)32-5-2/h4,6-8,10,12,14-17,23H,1,5,9,11,13,18-19H2,2-3H3,(H,38,39)(H2,32,35,36,40)/b10-6+,21-17+,34-20?. The molecule has 3 aromatic rings. The third-order valence-corrected chi connectivity index (χ3v) is 8.90. The SMILES string of the molecule is C=C/C=C/C(=C\N=C(C)N1CC2CCCC2(C(=O)O)C1)c1cc(-c2ccccn2)c2sc(NC(=O)NCC)nc2c1. The lowest BCUT2D eigenvalue weighted by atomic mass is 9.81. The molecule has 2 aliphatic rings. The average Bonchev–Trinajstić information content (AvgIpc) is 3.66. The largest absolute Gasteiger partial charge is 0.481 e. The Hall–Kier alpha value is -4.31. The molecule has 0 bridgehead atoms. The predicted molar refractivity (Wildman–Crippen MR) is 165 cm³/mol. The number of likely N-dealkylation sites (tertiary alicyclic amines) is 1. The molecule has 2 atom stereocenters. The van der Waals surface area contributed by atoms with Crippen LogP contribution in [0.3, 0.4) is 0 Å². The van der Waals surface area contributed by atoms with Gasteiger partial charge >= 0.3 is 12.0 Å². The van der Waals surface area contributed by atoms with Crippen LogP contribution in [0.25, 0.3) is 27.0 Å². The van der Waals surface area contributed by atoms with E-state index in [0.717, 1.165) is 57.7 Å². The van der Waals surface area contributed by atoms with Crippen LogP contribution in [0.15, 0.2) is 72.5 Å². The van der Waals surface area contributed by atoms with E-state index in [0.29, 0.717) is 24.8 Å². The molecule has 1 aromatic carbocycles. The zero-order valence-electron chi connectivity index (χ0n) is 23.3. The molecule has 0 spiro atoms. The number of aromatic nitrogens is 2. The molecule has 3 heterocycles. The van der Waals surface area contributed by atoms with E-state index in [1.54, 1.807) is 18.5 Å². The molecule has 2 unspecified atom stereocenters. The van der Waals surface area contributed by atoms with Crippen molar-refractivity contribution in [1.29, 1.82) is 0 Å². The molecule has 9 nitrogen and oxygen atoms in total. The van der Waals surface area contributed by atoms with Gasteiger partial charge in [0.25, 0.3) is 0 Å². The number of carbonyl (C=O) groups excluding carboxylic acids is 1. The van der Waals surface area contributed by atoms with Gasteiger partial charge in [-0.1, -0.05) is 48.6 Å². The number of nitrogens with zero attached hydrogens (tertiary/aromatic N) is 4. The molecule has 1 aliphatic carbocycles. The first-order valence-corrected chi connectivity index (χ1v) is 14.6. The molecule has 2 aromatic heterocycles. The highest BCUT2D eigenvalue weighted by Crippen LogP contribution is 2.49. The molecule has 5 rings (SSSR count). The molecule has 3 N–H and O–H groups in total. The zero-order chi connectivity index (χ0) is 29.0. The Kier molecular flexibility index (Phi) is 8.30. The first kappa shape index (κ1) is 28.2. The van der Waals surface area contributed by atoms with Crippen molar-refractivity contribution in [3.05, 3.63) is 73.1 Å². The number of nitrogens with one attached hydrogen (secondary N) is 2. The minimum Gasteiger partial charge on any atom is -0.481 e. The number of amidine groups is 1. The number of rotatable bonds is 8. The minimum absolute atomic E-state index is 0.157. The molecular formula is C31H34N6O3S. The summed E-state index contributed by atoms with van der Waals surface area (Å²) in [7, 11) is 0. The summed E-state index contributed by atoms with van der Waals surface area (Å²) in [4.78, 5) is 40.5. The van der Waals surface area contributed by atoms with Crippen molar-refractivity contribution in [2.24, 2.45) is 16.3 Å². The third kappa shape index (κ3) is 5.78. The van der Waals surface area contributed by atoms with Crippen LogP contribution in [-0.4, -0.2) is 57.4 Å². The number of fused-ring (bicyclic) bond motifs is 2. The van der Waals surface area contributed by atoms with Gasteiger partial charge in [0.2, 0.25) is 0 Å². The van der Waals surface area contributed by atoms with E-state index in [4.69, 9.17) is 9.98 Å². The topological polar surface area (TPSA) is 120 Å². The average molecular weight is 571 g/mol. The third-order valence-electron chi connectivity index (χ3n) is 7.88. The van der Waals surface area contributed by atoms with Crippen LogP contribution in [0.1, 0.15) is 38.7 Å². The van der Waals surface area contributed by atoms with Crippen molar-refractivity contribution < 1.29 is 14.7 Å². The highest BCUT2D eigenvalue weighted by atomic mass is 32.1. The molecule has 1 aliphatic heterocycles. The van der Waals surface area contributed by atoms with Crippen LogP contribution >= 0.6 is 11.3 Å². The second-order valence-corrected chi connectivity index (χ2v) is 11.4. The Bertz CT molecular complexity index is 1560. The molecule has 1 saturated carbocycles. The van der Waals surface area contributed by atoms with E-state index in [-0.39, 0.29) is 11.9 Å². The Balaban J connectivity index is 1.54. The van der Waals surface area contributed by atoms with E-state index in [1.807, 2.05) is 50.3 Å². The zero-order valence-corrected chi connectivity index (χ0v) is 24.1. The maximum Gasteiger partial charge on any atom is 0.321 e. The van der Waals surface area contributed by atoms with Crippen LogP contribution in [0.4, 0.5) is 9.93 Å². The van der Waals surface area contributed by atoms with Crippen molar-refractivity contribution in [2.45, 2.75) is 33.1 Å². The van der Waals surface area contributed by atoms with Crippen molar-refractivity contribution in [1.82, 2.24) is 20.2 Å². The number of amides is 2. The van der Waals surface area contributed by atoms with Crippen molar-refractivity contribution in [3.8, 4) is 11.3 Å². The number of benzene rings is 1. The summed E-state index contributed by atoms with van der Waals surface area (Å²) in [5.41, 5.74) is 3.47. The molecule has 212 valence electrons. The first-order valence-electron chi connectivity index (χ1n) is 13.8. The minimum atomic E-state index is -0.694. The highest BCUT2D eigenvalue weighted by Gasteiger charge is 2.55.